The summed E-state index contributed by atoms with van der Waals surface area (Å²) >= 11 is 1.49. The molecule has 0 atom stereocenters. The lowest BCUT2D eigenvalue weighted by Crippen LogP contribution is -2.38. The lowest BCUT2D eigenvalue weighted by atomic mass is 10.0. The number of hydrogen-bond donors (Lipinski definition) is 0. The number of halogens is 1. The van der Waals surface area contributed by atoms with E-state index in [2.05, 4.69) is 6.92 Å². The zero-order chi connectivity index (χ0) is 24.5. The third-order valence-electron chi connectivity index (χ3n) is 6.34. The fourth-order valence-electron chi connectivity index (χ4n) is 4.07. The van der Waals surface area contributed by atoms with E-state index >= 15 is 0 Å². The van der Waals surface area contributed by atoms with Gasteiger partial charge in [-0.25, -0.2) is 13.4 Å². The SMILES string of the molecule is Cc1cccc2sc(N(CCN(C)C)C(=O)c3ccc(S(=O)(=O)N4CCC(C)CC4)cc3)nc12.Cl. The monoisotopic (exact) mass is 536 g/mol. The molecule has 1 fully saturated rings. The number of fused-ring (bicyclic) bond motifs is 1. The largest absolute Gasteiger partial charge is 0.308 e. The van der Waals surface area contributed by atoms with Crippen molar-refractivity contribution in [3.05, 3.63) is 53.6 Å². The number of anilines is 1. The Morgan fingerprint density at radius 1 is 1.09 bits per heavy atom. The van der Waals surface area contributed by atoms with E-state index in [0.717, 1.165) is 28.6 Å². The number of carbonyl (C=O) groups excluding carboxylic acids is 1. The van der Waals surface area contributed by atoms with E-state index < -0.39 is 10.0 Å². The topological polar surface area (TPSA) is 73.8 Å². The van der Waals surface area contributed by atoms with Gasteiger partial charge in [-0.3, -0.25) is 9.69 Å². The predicted molar refractivity (Wildman–Crippen MR) is 145 cm³/mol. The van der Waals surface area contributed by atoms with E-state index in [9.17, 15) is 13.2 Å². The minimum atomic E-state index is -3.55. The van der Waals surface area contributed by atoms with Crippen molar-refractivity contribution >= 4 is 55.0 Å². The number of para-hydroxylation sites is 1. The first-order valence-electron chi connectivity index (χ1n) is 11.6. The summed E-state index contributed by atoms with van der Waals surface area (Å²) in [7, 11) is 0.376. The molecular weight excluding hydrogens is 504 g/mol. The molecule has 35 heavy (non-hydrogen) atoms. The smallest absolute Gasteiger partial charge is 0.260 e. The Morgan fingerprint density at radius 2 is 1.74 bits per heavy atom. The zero-order valence-corrected chi connectivity index (χ0v) is 23.0. The van der Waals surface area contributed by atoms with Crippen LogP contribution in [0.2, 0.25) is 0 Å². The molecule has 10 heteroatoms. The number of amides is 1. The molecule has 1 aromatic heterocycles. The Labute approximate surface area is 218 Å². The molecule has 1 amide bonds. The molecule has 2 aromatic carbocycles. The number of aromatic nitrogens is 1. The number of likely N-dealkylation sites (N-methyl/N-ethyl adjacent to an activating group) is 1. The van der Waals surface area contributed by atoms with Crippen molar-refractivity contribution < 1.29 is 13.2 Å². The number of benzene rings is 2. The molecule has 0 radical (unpaired) electrons. The standard InChI is InChI=1S/C25H32N4O3S2.ClH/c1-18-12-14-28(15-13-18)34(31,32)21-10-8-20(9-11-21)24(30)29(17-16-27(3)4)25-26-23-19(2)6-5-7-22(23)33-25;/h5-11,18H,12-17H2,1-4H3;1H. The second-order valence-electron chi connectivity index (χ2n) is 9.29. The molecule has 1 aliphatic heterocycles. The van der Waals surface area contributed by atoms with Gasteiger partial charge in [0.05, 0.1) is 15.1 Å². The number of aryl methyl sites for hydroxylation is 1. The van der Waals surface area contributed by atoms with E-state index in [-0.39, 0.29) is 23.2 Å². The number of rotatable bonds is 7. The summed E-state index contributed by atoms with van der Waals surface area (Å²) in [5, 5.41) is 0.648. The van der Waals surface area contributed by atoms with Crippen LogP contribution in [0.3, 0.4) is 0 Å². The molecule has 0 spiro atoms. The first kappa shape index (κ1) is 27.5. The first-order chi connectivity index (χ1) is 16.2. The number of piperidine rings is 1. The highest BCUT2D eigenvalue weighted by molar-refractivity contribution is 7.89. The molecule has 2 heterocycles. The average Bonchev–Trinajstić information content (AvgIpc) is 3.24. The molecule has 1 aliphatic rings. The Morgan fingerprint density at radius 3 is 2.34 bits per heavy atom. The third kappa shape index (κ3) is 6.03. The Balaban J connectivity index is 0.00000342. The molecule has 1 saturated heterocycles. The fourth-order valence-corrected chi connectivity index (χ4v) is 6.61. The van der Waals surface area contributed by atoms with Crippen molar-refractivity contribution in [2.24, 2.45) is 5.92 Å². The van der Waals surface area contributed by atoms with Crippen LogP contribution in [-0.2, 0) is 10.0 Å². The molecule has 3 aromatic rings. The highest BCUT2D eigenvalue weighted by Gasteiger charge is 2.29. The second-order valence-corrected chi connectivity index (χ2v) is 12.2. The third-order valence-corrected chi connectivity index (χ3v) is 9.29. The summed E-state index contributed by atoms with van der Waals surface area (Å²) in [6, 6.07) is 12.3. The highest BCUT2D eigenvalue weighted by atomic mass is 35.5. The van der Waals surface area contributed by atoms with Crippen LogP contribution in [0, 0.1) is 12.8 Å². The Kier molecular flexibility index (Phi) is 8.93. The summed E-state index contributed by atoms with van der Waals surface area (Å²) in [4.78, 5) is 22.2. The second kappa shape index (κ2) is 11.3. The fraction of sp³-hybridized carbons (Fsp3) is 0.440. The van der Waals surface area contributed by atoms with Crippen molar-refractivity contribution in [3.63, 3.8) is 0 Å². The van der Waals surface area contributed by atoms with Gasteiger partial charge in [0.15, 0.2) is 5.13 Å². The van der Waals surface area contributed by atoms with E-state index in [1.54, 1.807) is 33.5 Å². The van der Waals surface area contributed by atoms with E-state index in [4.69, 9.17) is 4.98 Å². The summed E-state index contributed by atoms with van der Waals surface area (Å²) in [5.74, 6) is 0.361. The Bertz CT molecular complexity index is 1270. The molecule has 0 saturated carbocycles. The van der Waals surface area contributed by atoms with Gasteiger partial charge in [0.1, 0.15) is 0 Å². The molecule has 0 N–H and O–H groups in total. The predicted octanol–water partition coefficient (Wildman–Crippen LogP) is 4.66. The van der Waals surface area contributed by atoms with Crippen molar-refractivity contribution in [2.45, 2.75) is 31.6 Å². The maximum atomic E-state index is 13.5. The van der Waals surface area contributed by atoms with Crippen LogP contribution in [-0.4, -0.2) is 68.8 Å². The van der Waals surface area contributed by atoms with Crippen LogP contribution >= 0.6 is 23.7 Å². The maximum Gasteiger partial charge on any atom is 0.260 e. The quantitative estimate of drug-likeness (QED) is 0.439. The molecule has 0 bridgehead atoms. The number of thiazole rings is 1. The number of carbonyl (C=O) groups is 1. The number of hydrogen-bond acceptors (Lipinski definition) is 6. The summed E-state index contributed by atoms with van der Waals surface area (Å²) in [6.45, 7) is 6.41. The normalized spacial score (nSPS) is 15.3. The summed E-state index contributed by atoms with van der Waals surface area (Å²) in [6.07, 6.45) is 1.75. The van der Waals surface area contributed by atoms with Gasteiger partial charge < -0.3 is 4.90 Å². The molecular formula is C25H33ClN4O3S2. The molecule has 4 rings (SSSR count). The van der Waals surface area contributed by atoms with Crippen molar-refractivity contribution in [3.8, 4) is 0 Å². The van der Waals surface area contributed by atoms with Gasteiger partial charge >= 0.3 is 0 Å². The van der Waals surface area contributed by atoms with Gasteiger partial charge in [0.25, 0.3) is 5.91 Å². The zero-order valence-electron chi connectivity index (χ0n) is 20.6. The van der Waals surface area contributed by atoms with Gasteiger partial charge in [0.2, 0.25) is 10.0 Å². The van der Waals surface area contributed by atoms with Crippen LogP contribution in [0.25, 0.3) is 10.2 Å². The summed E-state index contributed by atoms with van der Waals surface area (Å²) < 4.78 is 28.7. The molecule has 190 valence electrons. The Hall–Kier alpha value is -2.04. The molecule has 0 aliphatic carbocycles. The first-order valence-corrected chi connectivity index (χ1v) is 13.9. The van der Waals surface area contributed by atoms with Crippen LogP contribution in [0.15, 0.2) is 47.4 Å². The highest BCUT2D eigenvalue weighted by Crippen LogP contribution is 2.31. The van der Waals surface area contributed by atoms with Crippen LogP contribution in [0.1, 0.15) is 35.7 Å². The van der Waals surface area contributed by atoms with Gasteiger partial charge in [0, 0.05) is 31.7 Å². The van der Waals surface area contributed by atoms with Crippen molar-refractivity contribution in [1.82, 2.24) is 14.2 Å². The average molecular weight is 537 g/mol. The van der Waals surface area contributed by atoms with Crippen molar-refractivity contribution in [1.29, 1.82) is 0 Å². The lowest BCUT2D eigenvalue weighted by Gasteiger charge is -2.29. The van der Waals surface area contributed by atoms with Gasteiger partial charge in [-0.2, -0.15) is 4.31 Å². The maximum absolute atomic E-state index is 13.5. The number of nitrogens with zero attached hydrogens (tertiary/aromatic N) is 4. The molecule has 0 unspecified atom stereocenters. The minimum absolute atomic E-state index is 0. The van der Waals surface area contributed by atoms with Crippen molar-refractivity contribution in [2.75, 3.05) is 45.2 Å². The van der Waals surface area contributed by atoms with E-state index in [1.807, 2.05) is 44.1 Å². The van der Waals surface area contributed by atoms with Gasteiger partial charge in [-0.1, -0.05) is 30.4 Å². The summed E-state index contributed by atoms with van der Waals surface area (Å²) in [5.41, 5.74) is 2.42. The van der Waals surface area contributed by atoms with E-state index in [0.29, 0.717) is 42.8 Å². The van der Waals surface area contributed by atoms with Crippen LogP contribution in [0.5, 0.6) is 0 Å². The van der Waals surface area contributed by atoms with E-state index in [1.165, 1.54) is 11.3 Å². The minimum Gasteiger partial charge on any atom is -0.308 e. The van der Waals surface area contributed by atoms with Gasteiger partial charge in [-0.05, 0) is 75.7 Å². The lowest BCUT2D eigenvalue weighted by molar-refractivity contribution is 0.0985. The van der Waals surface area contributed by atoms with Gasteiger partial charge in [-0.15, -0.1) is 12.4 Å². The number of sulfonamides is 1. The van der Waals surface area contributed by atoms with Crippen LogP contribution in [0.4, 0.5) is 5.13 Å². The molecule has 7 nitrogen and oxygen atoms in total. The van der Waals surface area contributed by atoms with Crippen LogP contribution < -0.4 is 4.90 Å².